The highest BCUT2D eigenvalue weighted by atomic mass is 35.5. The first kappa shape index (κ1) is 13.3. The first-order chi connectivity index (χ1) is 9.04. The second kappa shape index (κ2) is 5.24. The highest BCUT2D eigenvalue weighted by molar-refractivity contribution is 6.31. The molecule has 0 saturated heterocycles. The average Bonchev–Trinajstić information content (AvgIpc) is 2.41. The Hall–Kier alpha value is -2.14. The number of hydrogen-bond acceptors (Lipinski definition) is 4. The van der Waals surface area contributed by atoms with E-state index >= 15 is 0 Å². The molecule has 100 valence electrons. The maximum absolute atomic E-state index is 11.9. The van der Waals surface area contributed by atoms with Gasteiger partial charge in [0.05, 0.1) is 13.7 Å². The van der Waals surface area contributed by atoms with E-state index in [9.17, 15) is 9.90 Å². The van der Waals surface area contributed by atoms with Crippen LogP contribution >= 0.6 is 11.6 Å². The summed E-state index contributed by atoms with van der Waals surface area (Å²) in [7, 11) is 1.53. The molecule has 19 heavy (non-hydrogen) atoms. The molecule has 0 aliphatic rings. The fourth-order valence-corrected chi connectivity index (χ4v) is 1.99. The maximum Gasteiger partial charge on any atom is 0.277 e. The molecule has 2 rings (SSSR count). The van der Waals surface area contributed by atoms with Crippen molar-refractivity contribution in [1.29, 1.82) is 0 Å². The molecule has 0 radical (unpaired) electrons. The Kier molecular flexibility index (Phi) is 3.66. The van der Waals surface area contributed by atoms with E-state index in [4.69, 9.17) is 22.1 Å². The van der Waals surface area contributed by atoms with Crippen LogP contribution in [-0.4, -0.2) is 16.8 Å². The molecule has 0 unspecified atom stereocenters. The van der Waals surface area contributed by atoms with E-state index in [-0.39, 0.29) is 18.0 Å². The lowest BCUT2D eigenvalue weighted by Crippen LogP contribution is -2.23. The zero-order chi connectivity index (χ0) is 14.0. The molecular formula is C13H13ClN2O3. The lowest BCUT2D eigenvalue weighted by molar-refractivity contribution is 0.408. The summed E-state index contributed by atoms with van der Waals surface area (Å²) >= 11 is 6.11. The molecule has 1 aromatic heterocycles. The number of aromatic hydroxyl groups is 1. The molecule has 0 saturated carbocycles. The second-order valence-corrected chi connectivity index (χ2v) is 4.38. The number of nitrogens with two attached hydrogens (primary N) is 1. The van der Waals surface area contributed by atoms with Crippen LogP contribution in [0.5, 0.6) is 11.5 Å². The molecule has 1 aromatic carbocycles. The van der Waals surface area contributed by atoms with Crippen molar-refractivity contribution in [2.24, 2.45) is 0 Å². The number of anilines is 1. The van der Waals surface area contributed by atoms with Crippen LogP contribution in [0.3, 0.4) is 0 Å². The van der Waals surface area contributed by atoms with E-state index in [1.807, 2.05) is 0 Å². The highest BCUT2D eigenvalue weighted by Crippen LogP contribution is 2.27. The Bertz CT molecular complexity index is 667. The maximum atomic E-state index is 11.9. The largest absolute Gasteiger partial charge is 0.506 e. The van der Waals surface area contributed by atoms with Crippen molar-refractivity contribution in [3.63, 3.8) is 0 Å². The van der Waals surface area contributed by atoms with Crippen molar-refractivity contribution >= 4 is 17.3 Å². The molecule has 1 heterocycles. The summed E-state index contributed by atoms with van der Waals surface area (Å²) in [6.45, 7) is 0.214. The van der Waals surface area contributed by atoms with Crippen LogP contribution in [0.1, 0.15) is 5.56 Å². The smallest absolute Gasteiger partial charge is 0.277 e. The first-order valence-corrected chi connectivity index (χ1v) is 5.91. The zero-order valence-electron chi connectivity index (χ0n) is 10.3. The number of nitrogens with zero attached hydrogens (tertiary/aromatic N) is 1. The minimum atomic E-state index is -0.470. The summed E-state index contributed by atoms with van der Waals surface area (Å²) in [5.74, 6) is 0.360. The van der Waals surface area contributed by atoms with Crippen LogP contribution in [0.2, 0.25) is 5.02 Å². The van der Waals surface area contributed by atoms with Gasteiger partial charge in [0.1, 0.15) is 17.2 Å². The van der Waals surface area contributed by atoms with Gasteiger partial charge >= 0.3 is 0 Å². The van der Waals surface area contributed by atoms with Gasteiger partial charge in [-0.2, -0.15) is 0 Å². The van der Waals surface area contributed by atoms with Crippen molar-refractivity contribution in [2.75, 3.05) is 12.8 Å². The van der Waals surface area contributed by atoms with Gasteiger partial charge < -0.3 is 20.1 Å². The summed E-state index contributed by atoms with van der Waals surface area (Å²) in [5.41, 5.74) is 5.52. The highest BCUT2D eigenvalue weighted by Gasteiger charge is 2.11. The van der Waals surface area contributed by atoms with Crippen LogP contribution in [0.4, 0.5) is 5.69 Å². The SMILES string of the molecule is COc1cccc(Cl)c1Cn1ccc(O)c(N)c1=O. The number of aromatic nitrogens is 1. The minimum Gasteiger partial charge on any atom is -0.506 e. The molecule has 5 nitrogen and oxygen atoms in total. The van der Waals surface area contributed by atoms with Crippen molar-refractivity contribution in [3.8, 4) is 11.5 Å². The van der Waals surface area contributed by atoms with E-state index in [0.717, 1.165) is 0 Å². The van der Waals surface area contributed by atoms with Crippen LogP contribution in [0.25, 0.3) is 0 Å². The van der Waals surface area contributed by atoms with E-state index in [2.05, 4.69) is 0 Å². The van der Waals surface area contributed by atoms with E-state index in [1.165, 1.54) is 23.9 Å². The van der Waals surface area contributed by atoms with Crippen molar-refractivity contribution in [2.45, 2.75) is 6.54 Å². The molecule has 0 aliphatic heterocycles. The van der Waals surface area contributed by atoms with Gasteiger partial charge in [-0.3, -0.25) is 4.79 Å². The molecule has 0 spiro atoms. The van der Waals surface area contributed by atoms with Gasteiger partial charge in [0.25, 0.3) is 5.56 Å². The van der Waals surface area contributed by atoms with E-state index in [0.29, 0.717) is 16.3 Å². The van der Waals surface area contributed by atoms with Crippen molar-refractivity contribution in [1.82, 2.24) is 4.57 Å². The monoisotopic (exact) mass is 280 g/mol. The lowest BCUT2D eigenvalue weighted by atomic mass is 10.2. The Labute approximate surface area is 114 Å². The zero-order valence-corrected chi connectivity index (χ0v) is 11.0. The summed E-state index contributed by atoms with van der Waals surface area (Å²) in [6, 6.07) is 6.60. The number of ether oxygens (including phenoxy) is 1. The van der Waals surface area contributed by atoms with E-state index in [1.54, 1.807) is 18.2 Å². The summed E-state index contributed by atoms with van der Waals surface area (Å²) in [6.07, 6.45) is 1.46. The van der Waals surface area contributed by atoms with Gasteiger partial charge in [-0.25, -0.2) is 0 Å². The predicted octanol–water partition coefficient (Wildman–Crippen LogP) is 1.85. The van der Waals surface area contributed by atoms with Gasteiger partial charge in [-0.05, 0) is 18.2 Å². The molecule has 0 aliphatic carbocycles. The average molecular weight is 281 g/mol. The Morgan fingerprint density at radius 3 is 2.84 bits per heavy atom. The lowest BCUT2D eigenvalue weighted by Gasteiger charge is -2.12. The number of methoxy groups -OCH3 is 1. The van der Waals surface area contributed by atoms with Crippen molar-refractivity contribution in [3.05, 3.63) is 51.4 Å². The normalized spacial score (nSPS) is 10.4. The fourth-order valence-electron chi connectivity index (χ4n) is 1.76. The summed E-state index contributed by atoms with van der Waals surface area (Å²) < 4.78 is 6.57. The third-order valence-electron chi connectivity index (χ3n) is 2.80. The van der Waals surface area contributed by atoms with Crippen LogP contribution in [-0.2, 0) is 6.54 Å². The van der Waals surface area contributed by atoms with Crippen LogP contribution in [0, 0.1) is 0 Å². The number of hydrogen-bond donors (Lipinski definition) is 2. The number of nitrogen functional groups attached to an aromatic ring is 1. The summed E-state index contributed by atoms with van der Waals surface area (Å²) in [5, 5.41) is 9.85. The predicted molar refractivity (Wildman–Crippen MR) is 73.9 cm³/mol. The third-order valence-corrected chi connectivity index (χ3v) is 3.16. The van der Waals surface area contributed by atoms with Gasteiger partial charge in [0.2, 0.25) is 0 Å². The van der Waals surface area contributed by atoms with Gasteiger partial charge in [0.15, 0.2) is 0 Å². The molecule has 3 N–H and O–H groups in total. The minimum absolute atomic E-state index is 0.187. The van der Waals surface area contributed by atoms with Crippen LogP contribution in [0.15, 0.2) is 35.3 Å². The molecule has 0 amide bonds. The number of benzene rings is 1. The number of rotatable bonds is 3. The first-order valence-electron chi connectivity index (χ1n) is 5.54. The standard InChI is InChI=1S/C13H13ClN2O3/c1-19-11-4-2-3-9(14)8(11)7-16-6-5-10(17)12(15)13(16)18/h2-6,17H,7,15H2,1H3. The molecule has 2 aromatic rings. The third kappa shape index (κ3) is 2.51. The fraction of sp³-hybridized carbons (Fsp3) is 0.154. The summed E-state index contributed by atoms with van der Waals surface area (Å²) in [4.78, 5) is 11.9. The molecule has 0 atom stereocenters. The molecule has 0 fully saturated rings. The molecular weight excluding hydrogens is 268 g/mol. The quantitative estimate of drug-likeness (QED) is 0.899. The Morgan fingerprint density at radius 1 is 1.42 bits per heavy atom. The number of halogens is 1. The van der Waals surface area contributed by atoms with Gasteiger partial charge in [-0.15, -0.1) is 0 Å². The van der Waals surface area contributed by atoms with E-state index < -0.39 is 5.56 Å². The second-order valence-electron chi connectivity index (χ2n) is 3.97. The Balaban J connectivity index is 2.48. The van der Waals surface area contributed by atoms with Gasteiger partial charge in [-0.1, -0.05) is 17.7 Å². The molecule has 0 bridgehead atoms. The topological polar surface area (TPSA) is 77.5 Å². The Morgan fingerprint density at radius 2 is 2.16 bits per heavy atom. The van der Waals surface area contributed by atoms with Crippen molar-refractivity contribution < 1.29 is 9.84 Å². The molecule has 6 heteroatoms. The van der Waals surface area contributed by atoms with Gasteiger partial charge in [0, 0.05) is 16.8 Å². The number of pyridine rings is 1. The van der Waals surface area contributed by atoms with Crippen LogP contribution < -0.4 is 16.0 Å².